The highest BCUT2D eigenvalue weighted by Gasteiger charge is 2.17. The fourth-order valence-corrected chi connectivity index (χ4v) is 2.92. The number of pyridine rings is 1. The number of hydrogen-bond acceptors (Lipinski definition) is 3. The minimum atomic E-state index is -3.85. The van der Waals surface area contributed by atoms with Crippen molar-refractivity contribution in [2.75, 3.05) is 4.72 Å². The summed E-state index contributed by atoms with van der Waals surface area (Å²) in [6.07, 6.45) is 1.29. The molecule has 0 saturated carbocycles. The second-order valence-electron chi connectivity index (χ2n) is 3.88. The van der Waals surface area contributed by atoms with Crippen molar-refractivity contribution in [1.82, 2.24) is 4.98 Å². The van der Waals surface area contributed by atoms with Gasteiger partial charge in [-0.05, 0) is 36.8 Å². The van der Waals surface area contributed by atoms with Gasteiger partial charge in [0.25, 0.3) is 10.0 Å². The Morgan fingerprint density at radius 3 is 2.63 bits per heavy atom. The molecule has 1 heterocycles. The van der Waals surface area contributed by atoms with E-state index in [1.165, 1.54) is 30.5 Å². The lowest BCUT2D eigenvalue weighted by Gasteiger charge is -2.10. The molecule has 0 unspecified atom stereocenters. The van der Waals surface area contributed by atoms with Crippen molar-refractivity contribution in [3.63, 3.8) is 0 Å². The number of nitrogens with zero attached hydrogens (tertiary/aromatic N) is 1. The molecule has 2 rings (SSSR count). The fraction of sp³-hybridized carbons (Fsp3) is 0.0833. The van der Waals surface area contributed by atoms with E-state index in [4.69, 9.17) is 11.6 Å². The van der Waals surface area contributed by atoms with E-state index in [0.717, 1.165) is 6.07 Å². The normalized spacial score (nSPS) is 11.3. The van der Waals surface area contributed by atoms with Gasteiger partial charge in [0.15, 0.2) is 0 Å². The van der Waals surface area contributed by atoms with Gasteiger partial charge in [-0.25, -0.2) is 17.8 Å². The third-order valence-electron chi connectivity index (χ3n) is 2.42. The van der Waals surface area contributed by atoms with E-state index in [0.29, 0.717) is 5.56 Å². The van der Waals surface area contributed by atoms with Crippen LogP contribution in [0, 0.1) is 12.7 Å². The predicted octanol–water partition coefficient (Wildman–Crippen LogP) is 2.98. The minimum absolute atomic E-state index is 0.109. The van der Waals surface area contributed by atoms with Crippen LogP contribution < -0.4 is 4.72 Å². The summed E-state index contributed by atoms with van der Waals surface area (Å²) in [5.74, 6) is -0.611. The van der Waals surface area contributed by atoms with Gasteiger partial charge in [0.2, 0.25) is 0 Å². The first-order valence-electron chi connectivity index (χ1n) is 5.29. The van der Waals surface area contributed by atoms with Crippen molar-refractivity contribution < 1.29 is 12.8 Å². The Morgan fingerprint density at radius 2 is 2.00 bits per heavy atom. The molecule has 1 aromatic heterocycles. The molecular weight excluding hydrogens is 291 g/mol. The number of aromatic nitrogens is 1. The molecule has 7 heteroatoms. The van der Waals surface area contributed by atoms with Crippen molar-refractivity contribution in [2.24, 2.45) is 0 Å². The minimum Gasteiger partial charge on any atom is -0.278 e. The number of benzene rings is 1. The Kier molecular flexibility index (Phi) is 3.73. The predicted molar refractivity (Wildman–Crippen MR) is 71.2 cm³/mol. The molecule has 100 valence electrons. The summed E-state index contributed by atoms with van der Waals surface area (Å²) in [6, 6.07) is 6.52. The Bertz CT molecular complexity index is 702. The molecule has 19 heavy (non-hydrogen) atoms. The zero-order valence-corrected chi connectivity index (χ0v) is 11.5. The van der Waals surface area contributed by atoms with Crippen molar-refractivity contribution in [3.05, 3.63) is 53.1 Å². The topological polar surface area (TPSA) is 59.1 Å². The molecule has 0 aliphatic heterocycles. The molecule has 0 radical (unpaired) electrons. The third-order valence-corrected chi connectivity index (χ3v) is 4.17. The first-order valence-corrected chi connectivity index (χ1v) is 7.15. The molecule has 1 N–H and O–H groups in total. The van der Waals surface area contributed by atoms with Crippen LogP contribution >= 0.6 is 11.6 Å². The van der Waals surface area contributed by atoms with Crippen LogP contribution in [-0.2, 0) is 10.0 Å². The molecule has 0 atom stereocenters. The molecule has 2 aromatic rings. The maximum Gasteiger partial charge on any atom is 0.262 e. The van der Waals surface area contributed by atoms with Crippen LogP contribution in [0.2, 0.25) is 5.15 Å². The van der Waals surface area contributed by atoms with Crippen molar-refractivity contribution in [3.8, 4) is 0 Å². The van der Waals surface area contributed by atoms with Gasteiger partial charge >= 0.3 is 0 Å². The summed E-state index contributed by atoms with van der Waals surface area (Å²) in [5, 5.41) is 0.255. The Labute approximate surface area is 115 Å². The van der Waals surface area contributed by atoms with Gasteiger partial charge in [-0.3, -0.25) is 4.72 Å². The van der Waals surface area contributed by atoms with Gasteiger partial charge in [-0.2, -0.15) is 0 Å². The lowest BCUT2D eigenvalue weighted by molar-refractivity contribution is 0.594. The second kappa shape index (κ2) is 5.14. The maximum atomic E-state index is 13.1. The standard InChI is InChI=1S/C12H10ClFN2O2S/c1-8-2-3-9(14)6-11(8)19(17,18)16-10-4-5-12(13)15-7-10/h2-7,16H,1H3. The summed E-state index contributed by atoms with van der Waals surface area (Å²) in [4.78, 5) is 3.65. The molecule has 0 aliphatic rings. The van der Waals surface area contributed by atoms with Crippen LogP contribution in [0.5, 0.6) is 0 Å². The number of nitrogens with one attached hydrogen (secondary N) is 1. The first kappa shape index (κ1) is 13.8. The Morgan fingerprint density at radius 1 is 1.26 bits per heavy atom. The van der Waals surface area contributed by atoms with Crippen LogP contribution in [0.1, 0.15) is 5.56 Å². The maximum absolute atomic E-state index is 13.1. The molecular formula is C12H10ClFN2O2S. The highest BCUT2D eigenvalue weighted by atomic mass is 35.5. The van der Waals surface area contributed by atoms with Crippen LogP contribution in [0.4, 0.5) is 10.1 Å². The molecule has 0 amide bonds. The van der Waals surface area contributed by atoms with Crippen molar-refractivity contribution >= 4 is 27.3 Å². The van der Waals surface area contributed by atoms with Gasteiger partial charge in [0.05, 0.1) is 16.8 Å². The second-order valence-corrected chi connectivity index (χ2v) is 5.92. The average molecular weight is 301 g/mol. The summed E-state index contributed by atoms with van der Waals surface area (Å²) < 4.78 is 39.7. The Balaban J connectivity index is 2.37. The lowest BCUT2D eigenvalue weighted by atomic mass is 10.2. The summed E-state index contributed by atoms with van der Waals surface area (Å²) in [5.41, 5.74) is 0.712. The van der Waals surface area contributed by atoms with Crippen LogP contribution in [-0.4, -0.2) is 13.4 Å². The van der Waals surface area contributed by atoms with E-state index in [1.54, 1.807) is 6.92 Å². The average Bonchev–Trinajstić information content (AvgIpc) is 2.35. The monoisotopic (exact) mass is 300 g/mol. The molecule has 0 bridgehead atoms. The van der Waals surface area contributed by atoms with E-state index in [2.05, 4.69) is 9.71 Å². The zero-order chi connectivity index (χ0) is 14.0. The molecule has 0 aliphatic carbocycles. The molecule has 1 aromatic carbocycles. The summed E-state index contributed by atoms with van der Waals surface area (Å²) >= 11 is 5.61. The first-order chi connectivity index (χ1) is 8.88. The largest absolute Gasteiger partial charge is 0.278 e. The highest BCUT2D eigenvalue weighted by Crippen LogP contribution is 2.20. The van der Waals surface area contributed by atoms with Gasteiger partial charge in [0, 0.05) is 0 Å². The Hall–Kier alpha value is -1.66. The van der Waals surface area contributed by atoms with E-state index < -0.39 is 15.8 Å². The lowest BCUT2D eigenvalue weighted by Crippen LogP contribution is -2.14. The van der Waals surface area contributed by atoms with Gasteiger partial charge in [-0.15, -0.1) is 0 Å². The van der Waals surface area contributed by atoms with Crippen molar-refractivity contribution in [1.29, 1.82) is 0 Å². The summed E-state index contributed by atoms with van der Waals surface area (Å²) in [6.45, 7) is 1.59. The number of rotatable bonds is 3. The van der Waals surface area contributed by atoms with E-state index in [9.17, 15) is 12.8 Å². The molecule has 0 saturated heterocycles. The van der Waals surface area contributed by atoms with Gasteiger partial charge < -0.3 is 0 Å². The SMILES string of the molecule is Cc1ccc(F)cc1S(=O)(=O)Nc1ccc(Cl)nc1. The van der Waals surface area contributed by atoms with Gasteiger partial charge in [-0.1, -0.05) is 17.7 Å². The zero-order valence-electron chi connectivity index (χ0n) is 9.89. The molecule has 0 fully saturated rings. The van der Waals surface area contributed by atoms with E-state index >= 15 is 0 Å². The highest BCUT2D eigenvalue weighted by molar-refractivity contribution is 7.92. The van der Waals surface area contributed by atoms with E-state index in [-0.39, 0.29) is 15.7 Å². The van der Waals surface area contributed by atoms with Crippen LogP contribution in [0.25, 0.3) is 0 Å². The third kappa shape index (κ3) is 3.21. The molecule has 0 spiro atoms. The fourth-order valence-electron chi connectivity index (χ4n) is 1.51. The molecule has 4 nitrogen and oxygen atoms in total. The number of anilines is 1. The quantitative estimate of drug-likeness (QED) is 0.887. The number of aryl methyl sites for hydroxylation is 1. The van der Waals surface area contributed by atoms with Crippen molar-refractivity contribution in [2.45, 2.75) is 11.8 Å². The number of hydrogen-bond donors (Lipinski definition) is 1. The van der Waals surface area contributed by atoms with E-state index in [1.807, 2.05) is 0 Å². The van der Waals surface area contributed by atoms with Crippen LogP contribution in [0.3, 0.4) is 0 Å². The van der Waals surface area contributed by atoms with Gasteiger partial charge in [0.1, 0.15) is 11.0 Å². The summed E-state index contributed by atoms with van der Waals surface area (Å²) in [7, 11) is -3.85. The van der Waals surface area contributed by atoms with Crippen LogP contribution in [0.15, 0.2) is 41.4 Å². The number of sulfonamides is 1. The number of halogens is 2. The smallest absolute Gasteiger partial charge is 0.262 e.